The van der Waals surface area contributed by atoms with Crippen LogP contribution in [0.1, 0.15) is 38.1 Å². The van der Waals surface area contributed by atoms with Crippen LogP contribution in [0.5, 0.6) is 5.75 Å². The molecule has 1 aromatic rings. The molecule has 0 bridgehead atoms. The SMILES string of the molecule is COc1cccc(C(=O)NN=C(C(C)C)C(C)C)c1. The Hall–Kier alpha value is -1.84. The van der Waals surface area contributed by atoms with Crippen LogP contribution in [0.4, 0.5) is 0 Å². The Kier molecular flexibility index (Phi) is 5.55. The molecule has 1 rings (SSSR count). The van der Waals surface area contributed by atoms with Crippen molar-refractivity contribution in [2.24, 2.45) is 16.9 Å². The van der Waals surface area contributed by atoms with Gasteiger partial charge in [0.25, 0.3) is 5.91 Å². The van der Waals surface area contributed by atoms with Crippen molar-refractivity contribution in [3.05, 3.63) is 29.8 Å². The Morgan fingerprint density at radius 3 is 2.37 bits per heavy atom. The molecule has 1 amide bonds. The molecular weight excluding hydrogens is 240 g/mol. The van der Waals surface area contributed by atoms with Gasteiger partial charge in [-0.1, -0.05) is 33.8 Å². The molecule has 0 spiro atoms. The van der Waals surface area contributed by atoms with E-state index < -0.39 is 0 Å². The summed E-state index contributed by atoms with van der Waals surface area (Å²) >= 11 is 0. The van der Waals surface area contributed by atoms with Crippen LogP contribution >= 0.6 is 0 Å². The number of rotatable bonds is 5. The largest absolute Gasteiger partial charge is 0.497 e. The van der Waals surface area contributed by atoms with E-state index in [1.807, 2.05) is 0 Å². The number of hydrazone groups is 1. The average molecular weight is 262 g/mol. The zero-order valence-corrected chi connectivity index (χ0v) is 12.2. The standard InChI is InChI=1S/C15H22N2O2/c1-10(2)14(11(3)4)16-17-15(18)12-7-6-8-13(9-12)19-5/h6-11H,1-5H3,(H,17,18). The lowest BCUT2D eigenvalue weighted by Gasteiger charge is -2.13. The van der Waals surface area contributed by atoms with Gasteiger partial charge < -0.3 is 4.74 Å². The predicted octanol–water partition coefficient (Wildman–Crippen LogP) is 3.09. The highest BCUT2D eigenvalue weighted by molar-refractivity contribution is 5.96. The Bertz CT molecular complexity index is 455. The molecule has 0 fully saturated rings. The van der Waals surface area contributed by atoms with E-state index in [0.717, 1.165) is 5.71 Å². The van der Waals surface area contributed by atoms with E-state index in [0.29, 0.717) is 23.1 Å². The van der Waals surface area contributed by atoms with Crippen molar-refractivity contribution in [1.82, 2.24) is 5.43 Å². The summed E-state index contributed by atoms with van der Waals surface area (Å²) in [5, 5.41) is 4.23. The van der Waals surface area contributed by atoms with Crippen LogP contribution in [0.15, 0.2) is 29.4 Å². The fraction of sp³-hybridized carbons (Fsp3) is 0.467. The second-order valence-corrected chi connectivity index (χ2v) is 5.02. The van der Waals surface area contributed by atoms with Crippen LogP contribution in [0.2, 0.25) is 0 Å². The second-order valence-electron chi connectivity index (χ2n) is 5.02. The Balaban J connectivity index is 2.81. The number of carbonyl (C=O) groups is 1. The molecule has 0 saturated carbocycles. The quantitative estimate of drug-likeness (QED) is 0.655. The highest BCUT2D eigenvalue weighted by atomic mass is 16.5. The molecule has 0 aliphatic heterocycles. The van der Waals surface area contributed by atoms with Crippen LogP contribution < -0.4 is 10.2 Å². The van der Waals surface area contributed by atoms with Gasteiger partial charge in [0.1, 0.15) is 5.75 Å². The van der Waals surface area contributed by atoms with E-state index in [1.165, 1.54) is 0 Å². The molecular formula is C15H22N2O2. The fourth-order valence-electron chi connectivity index (χ4n) is 1.87. The van der Waals surface area contributed by atoms with E-state index in [-0.39, 0.29) is 5.91 Å². The average Bonchev–Trinajstić information content (AvgIpc) is 2.38. The summed E-state index contributed by atoms with van der Waals surface area (Å²) in [6.45, 7) is 8.26. The van der Waals surface area contributed by atoms with E-state index >= 15 is 0 Å². The minimum atomic E-state index is -0.224. The number of nitrogens with zero attached hydrogens (tertiary/aromatic N) is 1. The lowest BCUT2D eigenvalue weighted by Crippen LogP contribution is -2.24. The highest BCUT2D eigenvalue weighted by Gasteiger charge is 2.11. The predicted molar refractivity (Wildman–Crippen MR) is 77.6 cm³/mol. The van der Waals surface area contributed by atoms with E-state index in [9.17, 15) is 4.79 Å². The molecule has 0 aliphatic rings. The molecule has 19 heavy (non-hydrogen) atoms. The summed E-state index contributed by atoms with van der Waals surface area (Å²) in [6, 6.07) is 7.00. The van der Waals surface area contributed by atoms with Crippen LogP contribution in [-0.4, -0.2) is 18.7 Å². The summed E-state index contributed by atoms with van der Waals surface area (Å²) < 4.78 is 5.09. The van der Waals surface area contributed by atoms with Gasteiger partial charge in [0, 0.05) is 11.3 Å². The van der Waals surface area contributed by atoms with Crippen LogP contribution in [0.3, 0.4) is 0 Å². The summed E-state index contributed by atoms with van der Waals surface area (Å²) in [7, 11) is 1.57. The first-order valence-electron chi connectivity index (χ1n) is 6.47. The molecule has 4 nitrogen and oxygen atoms in total. The van der Waals surface area contributed by atoms with E-state index in [4.69, 9.17) is 4.74 Å². The summed E-state index contributed by atoms with van der Waals surface area (Å²) in [4.78, 5) is 12.0. The van der Waals surface area contributed by atoms with E-state index in [2.05, 4.69) is 38.2 Å². The Morgan fingerprint density at radius 1 is 1.21 bits per heavy atom. The molecule has 0 radical (unpaired) electrons. The van der Waals surface area contributed by atoms with Crippen LogP contribution in [-0.2, 0) is 0 Å². The van der Waals surface area contributed by atoms with Gasteiger partial charge in [-0.3, -0.25) is 4.79 Å². The van der Waals surface area contributed by atoms with Crippen molar-refractivity contribution < 1.29 is 9.53 Å². The first-order valence-corrected chi connectivity index (χ1v) is 6.47. The number of amides is 1. The van der Waals surface area contributed by atoms with Gasteiger partial charge in [0.15, 0.2) is 0 Å². The van der Waals surface area contributed by atoms with Crippen molar-refractivity contribution in [3.63, 3.8) is 0 Å². The molecule has 0 aromatic heterocycles. The lowest BCUT2D eigenvalue weighted by molar-refractivity contribution is 0.0954. The van der Waals surface area contributed by atoms with Crippen molar-refractivity contribution in [1.29, 1.82) is 0 Å². The zero-order valence-electron chi connectivity index (χ0n) is 12.2. The maximum atomic E-state index is 12.0. The third-order valence-electron chi connectivity index (χ3n) is 2.80. The number of methoxy groups -OCH3 is 1. The third-order valence-corrected chi connectivity index (χ3v) is 2.80. The van der Waals surface area contributed by atoms with Crippen molar-refractivity contribution in [2.75, 3.05) is 7.11 Å². The van der Waals surface area contributed by atoms with Gasteiger partial charge in [-0.05, 0) is 30.0 Å². The maximum Gasteiger partial charge on any atom is 0.271 e. The van der Waals surface area contributed by atoms with Gasteiger partial charge in [-0.25, -0.2) is 5.43 Å². The number of hydrogen-bond acceptors (Lipinski definition) is 3. The van der Waals surface area contributed by atoms with Gasteiger partial charge in [-0.15, -0.1) is 0 Å². The van der Waals surface area contributed by atoms with Gasteiger partial charge in [0.2, 0.25) is 0 Å². The molecule has 1 N–H and O–H groups in total. The number of nitrogens with one attached hydrogen (secondary N) is 1. The molecule has 1 aromatic carbocycles. The number of benzene rings is 1. The smallest absolute Gasteiger partial charge is 0.271 e. The van der Waals surface area contributed by atoms with Crippen molar-refractivity contribution in [3.8, 4) is 5.75 Å². The molecule has 0 unspecified atom stereocenters. The summed E-state index contributed by atoms with van der Waals surface area (Å²) in [6.07, 6.45) is 0. The Labute approximate surface area is 114 Å². The number of ether oxygens (including phenoxy) is 1. The summed E-state index contributed by atoms with van der Waals surface area (Å²) in [5.41, 5.74) is 4.13. The molecule has 0 saturated heterocycles. The zero-order chi connectivity index (χ0) is 14.4. The topological polar surface area (TPSA) is 50.7 Å². The molecule has 0 atom stereocenters. The van der Waals surface area contributed by atoms with Crippen molar-refractivity contribution >= 4 is 11.6 Å². The van der Waals surface area contributed by atoms with E-state index in [1.54, 1.807) is 31.4 Å². The van der Waals surface area contributed by atoms with Crippen LogP contribution in [0.25, 0.3) is 0 Å². The van der Waals surface area contributed by atoms with Crippen molar-refractivity contribution in [2.45, 2.75) is 27.7 Å². The summed E-state index contributed by atoms with van der Waals surface area (Å²) in [5.74, 6) is 1.05. The monoisotopic (exact) mass is 262 g/mol. The molecule has 0 heterocycles. The number of carbonyl (C=O) groups excluding carboxylic acids is 1. The normalized spacial score (nSPS) is 10.5. The third kappa shape index (κ3) is 4.39. The van der Waals surface area contributed by atoms with Crippen LogP contribution in [0, 0.1) is 11.8 Å². The highest BCUT2D eigenvalue weighted by Crippen LogP contribution is 2.12. The molecule has 4 heteroatoms. The molecule has 0 aliphatic carbocycles. The Morgan fingerprint density at radius 2 is 1.84 bits per heavy atom. The van der Waals surface area contributed by atoms with Gasteiger partial charge in [-0.2, -0.15) is 5.10 Å². The first-order chi connectivity index (χ1) is 8.95. The number of hydrogen-bond donors (Lipinski definition) is 1. The van der Waals surface area contributed by atoms with Gasteiger partial charge >= 0.3 is 0 Å². The first kappa shape index (κ1) is 15.2. The minimum absolute atomic E-state index is 0.224. The van der Waals surface area contributed by atoms with Gasteiger partial charge in [0.05, 0.1) is 7.11 Å². The molecule has 104 valence electrons. The second kappa shape index (κ2) is 6.92. The lowest BCUT2D eigenvalue weighted by atomic mass is 9.98. The fourth-order valence-corrected chi connectivity index (χ4v) is 1.87. The minimum Gasteiger partial charge on any atom is -0.497 e. The maximum absolute atomic E-state index is 12.0.